The van der Waals surface area contributed by atoms with E-state index in [1.165, 1.54) is 0 Å². The van der Waals surface area contributed by atoms with E-state index in [-0.39, 0.29) is 18.4 Å². The Hall–Kier alpha value is -3.02. The van der Waals surface area contributed by atoms with Crippen molar-refractivity contribution in [3.63, 3.8) is 0 Å². The highest BCUT2D eigenvalue weighted by Crippen LogP contribution is 2.32. The van der Waals surface area contributed by atoms with Crippen molar-refractivity contribution >= 4 is 23.2 Å². The quantitative estimate of drug-likeness (QED) is 0.906. The van der Waals surface area contributed by atoms with Gasteiger partial charge in [-0.05, 0) is 44.2 Å². The number of carbonyl (C=O) groups excluding carboxylic acids is 2. The monoisotopic (exact) mass is 326 g/mol. The first-order chi connectivity index (χ1) is 11.5. The van der Waals surface area contributed by atoms with E-state index in [4.69, 9.17) is 9.47 Å². The first-order valence-corrected chi connectivity index (χ1v) is 7.62. The average molecular weight is 326 g/mol. The Kier molecular flexibility index (Phi) is 4.37. The first-order valence-electron chi connectivity index (χ1n) is 7.62. The van der Waals surface area contributed by atoms with E-state index in [0.717, 1.165) is 5.56 Å². The van der Waals surface area contributed by atoms with Crippen LogP contribution in [0.1, 0.15) is 12.5 Å². The summed E-state index contributed by atoms with van der Waals surface area (Å²) < 4.78 is 10.9. The molecule has 0 saturated heterocycles. The lowest BCUT2D eigenvalue weighted by molar-refractivity contribution is -0.122. The van der Waals surface area contributed by atoms with Crippen LogP contribution in [0.2, 0.25) is 0 Å². The molecule has 2 aromatic rings. The van der Waals surface area contributed by atoms with Gasteiger partial charge in [0.15, 0.2) is 12.7 Å². The number of aryl methyl sites for hydroxylation is 1. The second-order valence-corrected chi connectivity index (χ2v) is 5.61. The van der Waals surface area contributed by atoms with Gasteiger partial charge in [-0.1, -0.05) is 17.7 Å². The second kappa shape index (κ2) is 6.62. The zero-order valence-corrected chi connectivity index (χ0v) is 13.5. The molecule has 0 spiro atoms. The molecular weight excluding hydrogens is 308 g/mol. The van der Waals surface area contributed by atoms with Crippen molar-refractivity contribution in [3.8, 4) is 11.5 Å². The molecule has 0 aliphatic carbocycles. The van der Waals surface area contributed by atoms with Crippen LogP contribution in [0.5, 0.6) is 11.5 Å². The minimum Gasteiger partial charge on any atom is -0.484 e. The molecule has 2 aromatic carbocycles. The van der Waals surface area contributed by atoms with Crippen molar-refractivity contribution in [2.24, 2.45) is 0 Å². The Balaban J connectivity index is 1.59. The van der Waals surface area contributed by atoms with Gasteiger partial charge >= 0.3 is 0 Å². The van der Waals surface area contributed by atoms with Crippen molar-refractivity contribution in [1.82, 2.24) is 0 Å². The number of nitrogens with one attached hydrogen (secondary N) is 2. The van der Waals surface area contributed by atoms with Gasteiger partial charge < -0.3 is 20.1 Å². The molecule has 0 bridgehead atoms. The third kappa shape index (κ3) is 3.65. The number of amides is 2. The highest BCUT2D eigenvalue weighted by Gasteiger charge is 2.23. The van der Waals surface area contributed by atoms with Crippen molar-refractivity contribution in [2.45, 2.75) is 20.0 Å². The van der Waals surface area contributed by atoms with E-state index in [1.54, 1.807) is 25.1 Å². The lowest BCUT2D eigenvalue weighted by Gasteiger charge is -2.23. The van der Waals surface area contributed by atoms with Gasteiger partial charge in [0.25, 0.3) is 11.8 Å². The maximum atomic E-state index is 12.0. The van der Waals surface area contributed by atoms with Gasteiger partial charge in [0, 0.05) is 5.69 Å². The van der Waals surface area contributed by atoms with Crippen molar-refractivity contribution < 1.29 is 19.1 Å². The third-order valence-electron chi connectivity index (χ3n) is 3.59. The van der Waals surface area contributed by atoms with Gasteiger partial charge in [0.2, 0.25) is 0 Å². The number of carbonyl (C=O) groups is 2. The Bertz CT molecular complexity index is 771. The SMILES string of the molecule is Cc1ccc(OCC(=O)Nc2ccc3c(c2)NC(=O)[C@@H](C)O3)cc1. The van der Waals surface area contributed by atoms with Crippen LogP contribution in [0.15, 0.2) is 42.5 Å². The topological polar surface area (TPSA) is 76.7 Å². The maximum Gasteiger partial charge on any atom is 0.265 e. The summed E-state index contributed by atoms with van der Waals surface area (Å²) in [6, 6.07) is 12.5. The lowest BCUT2D eigenvalue weighted by Crippen LogP contribution is -2.34. The summed E-state index contributed by atoms with van der Waals surface area (Å²) in [6.07, 6.45) is -0.527. The van der Waals surface area contributed by atoms with E-state index in [1.807, 2.05) is 31.2 Å². The molecule has 2 amide bonds. The van der Waals surface area contributed by atoms with Crippen LogP contribution < -0.4 is 20.1 Å². The van der Waals surface area contributed by atoms with Crippen molar-refractivity contribution in [3.05, 3.63) is 48.0 Å². The van der Waals surface area contributed by atoms with E-state index in [9.17, 15) is 9.59 Å². The zero-order chi connectivity index (χ0) is 17.1. The van der Waals surface area contributed by atoms with Gasteiger partial charge in [-0.2, -0.15) is 0 Å². The van der Waals surface area contributed by atoms with Crippen LogP contribution in [-0.4, -0.2) is 24.5 Å². The summed E-state index contributed by atoms with van der Waals surface area (Å²) in [7, 11) is 0. The summed E-state index contributed by atoms with van der Waals surface area (Å²) in [5.74, 6) is 0.715. The molecule has 0 aromatic heterocycles. The van der Waals surface area contributed by atoms with Gasteiger partial charge in [-0.15, -0.1) is 0 Å². The number of hydrogen-bond acceptors (Lipinski definition) is 4. The summed E-state index contributed by atoms with van der Waals surface area (Å²) in [5, 5.41) is 5.47. The molecule has 0 saturated carbocycles. The molecule has 1 aliphatic rings. The number of anilines is 2. The molecule has 1 atom stereocenters. The van der Waals surface area contributed by atoms with Crippen LogP contribution in [-0.2, 0) is 9.59 Å². The molecule has 1 heterocycles. The minimum atomic E-state index is -0.527. The molecule has 124 valence electrons. The molecule has 2 N–H and O–H groups in total. The number of fused-ring (bicyclic) bond motifs is 1. The molecule has 0 unspecified atom stereocenters. The van der Waals surface area contributed by atoms with E-state index in [0.29, 0.717) is 22.9 Å². The lowest BCUT2D eigenvalue weighted by atomic mass is 10.2. The Morgan fingerprint density at radius 1 is 1.25 bits per heavy atom. The Morgan fingerprint density at radius 2 is 2.00 bits per heavy atom. The fourth-order valence-corrected chi connectivity index (χ4v) is 2.27. The van der Waals surface area contributed by atoms with E-state index in [2.05, 4.69) is 10.6 Å². The smallest absolute Gasteiger partial charge is 0.265 e. The molecule has 1 aliphatic heterocycles. The molecule has 0 radical (unpaired) electrons. The van der Waals surface area contributed by atoms with Crippen LogP contribution >= 0.6 is 0 Å². The first kappa shape index (κ1) is 15.9. The number of rotatable bonds is 4. The summed E-state index contributed by atoms with van der Waals surface area (Å²) >= 11 is 0. The fraction of sp³-hybridized carbons (Fsp3) is 0.222. The summed E-state index contributed by atoms with van der Waals surface area (Å²) in [5.41, 5.74) is 2.22. The second-order valence-electron chi connectivity index (χ2n) is 5.61. The van der Waals surface area contributed by atoms with Gasteiger partial charge in [0.05, 0.1) is 5.69 Å². The standard InChI is InChI=1S/C18H18N2O4/c1-11-3-6-14(7-4-11)23-10-17(21)19-13-5-8-16-15(9-13)20-18(22)12(2)24-16/h3-9,12H,10H2,1-2H3,(H,19,21)(H,20,22)/t12-/m1/s1. The third-order valence-corrected chi connectivity index (χ3v) is 3.59. The molecule has 6 heteroatoms. The average Bonchev–Trinajstić information content (AvgIpc) is 2.56. The summed E-state index contributed by atoms with van der Waals surface area (Å²) in [4.78, 5) is 23.6. The van der Waals surface area contributed by atoms with E-state index >= 15 is 0 Å². The largest absolute Gasteiger partial charge is 0.484 e. The van der Waals surface area contributed by atoms with Gasteiger partial charge in [-0.25, -0.2) is 0 Å². The highest BCUT2D eigenvalue weighted by molar-refractivity contribution is 5.99. The van der Waals surface area contributed by atoms with Crippen molar-refractivity contribution in [1.29, 1.82) is 0 Å². The van der Waals surface area contributed by atoms with E-state index < -0.39 is 6.10 Å². The van der Waals surface area contributed by atoms with Gasteiger partial charge in [-0.3, -0.25) is 9.59 Å². The molecular formula is C18H18N2O4. The normalized spacial score (nSPS) is 15.8. The minimum absolute atomic E-state index is 0.0972. The number of ether oxygens (including phenoxy) is 2. The molecule has 6 nitrogen and oxygen atoms in total. The predicted octanol–water partition coefficient (Wildman–Crippen LogP) is 2.73. The predicted molar refractivity (Wildman–Crippen MR) is 90.5 cm³/mol. The molecule has 3 rings (SSSR count). The number of hydrogen-bond donors (Lipinski definition) is 2. The Labute approximate surface area is 139 Å². The fourth-order valence-electron chi connectivity index (χ4n) is 2.27. The zero-order valence-electron chi connectivity index (χ0n) is 13.5. The number of benzene rings is 2. The van der Waals surface area contributed by atoms with Crippen molar-refractivity contribution in [2.75, 3.05) is 17.2 Å². The van der Waals surface area contributed by atoms with Gasteiger partial charge in [0.1, 0.15) is 11.5 Å². The van der Waals surface area contributed by atoms with Crippen LogP contribution in [0.25, 0.3) is 0 Å². The van der Waals surface area contributed by atoms with Crippen LogP contribution in [0.4, 0.5) is 11.4 Å². The highest BCUT2D eigenvalue weighted by atomic mass is 16.5. The molecule has 0 fully saturated rings. The molecule has 24 heavy (non-hydrogen) atoms. The van der Waals surface area contributed by atoms with Crippen LogP contribution in [0.3, 0.4) is 0 Å². The summed E-state index contributed by atoms with van der Waals surface area (Å²) in [6.45, 7) is 3.56. The Morgan fingerprint density at radius 3 is 2.75 bits per heavy atom. The maximum absolute atomic E-state index is 12.0. The van der Waals surface area contributed by atoms with Crippen LogP contribution in [0, 0.1) is 6.92 Å².